The monoisotopic (exact) mass is 119 g/mol. The SMILES string of the molecule is COC1(F)CCNC1. The molecule has 1 saturated heterocycles. The third-order valence-corrected chi connectivity index (χ3v) is 1.43. The van der Waals surface area contributed by atoms with E-state index in [9.17, 15) is 4.39 Å². The van der Waals surface area contributed by atoms with Crippen molar-refractivity contribution >= 4 is 0 Å². The first-order valence-corrected chi connectivity index (χ1v) is 2.72. The van der Waals surface area contributed by atoms with Crippen molar-refractivity contribution in [3.63, 3.8) is 0 Å². The van der Waals surface area contributed by atoms with E-state index in [1.165, 1.54) is 7.11 Å². The number of halogens is 1. The fraction of sp³-hybridized carbons (Fsp3) is 1.00. The highest BCUT2D eigenvalue weighted by atomic mass is 19.2. The van der Waals surface area contributed by atoms with Crippen LogP contribution in [0.4, 0.5) is 4.39 Å². The average Bonchev–Trinajstić information content (AvgIpc) is 2.17. The quantitative estimate of drug-likeness (QED) is 0.535. The molecule has 0 bridgehead atoms. The molecule has 1 aliphatic heterocycles. The van der Waals surface area contributed by atoms with E-state index in [1.54, 1.807) is 0 Å². The van der Waals surface area contributed by atoms with Gasteiger partial charge in [-0.25, -0.2) is 4.39 Å². The van der Waals surface area contributed by atoms with Gasteiger partial charge in [-0.1, -0.05) is 0 Å². The van der Waals surface area contributed by atoms with Gasteiger partial charge in [0.25, 0.3) is 0 Å². The molecule has 1 heterocycles. The lowest BCUT2D eigenvalue weighted by Gasteiger charge is -2.14. The fourth-order valence-corrected chi connectivity index (χ4v) is 0.813. The summed E-state index contributed by atoms with van der Waals surface area (Å²) in [5.74, 6) is -1.38. The third kappa shape index (κ3) is 0.980. The zero-order valence-electron chi connectivity index (χ0n) is 4.91. The Kier molecular flexibility index (Phi) is 1.49. The maximum Gasteiger partial charge on any atom is 0.222 e. The summed E-state index contributed by atoms with van der Waals surface area (Å²) in [6.45, 7) is 1.06. The van der Waals surface area contributed by atoms with Crippen LogP contribution in [0.3, 0.4) is 0 Å². The number of hydrogen-bond acceptors (Lipinski definition) is 2. The first-order chi connectivity index (χ1) is 3.77. The largest absolute Gasteiger partial charge is 0.348 e. The van der Waals surface area contributed by atoms with Gasteiger partial charge in [-0.2, -0.15) is 0 Å². The molecule has 0 amide bonds. The molecule has 3 heteroatoms. The van der Waals surface area contributed by atoms with Crippen molar-refractivity contribution in [1.82, 2.24) is 5.32 Å². The van der Waals surface area contributed by atoms with Crippen LogP contribution in [0.15, 0.2) is 0 Å². The molecule has 8 heavy (non-hydrogen) atoms. The Morgan fingerprint density at radius 3 is 2.75 bits per heavy atom. The highest BCUT2D eigenvalue weighted by Gasteiger charge is 2.32. The molecule has 1 atom stereocenters. The normalized spacial score (nSPS) is 38.2. The predicted octanol–water partition coefficient (Wildman–Crippen LogP) is 0.292. The van der Waals surface area contributed by atoms with Crippen LogP contribution in [-0.2, 0) is 4.74 Å². The summed E-state index contributed by atoms with van der Waals surface area (Å²) in [4.78, 5) is 0. The summed E-state index contributed by atoms with van der Waals surface area (Å²) in [5.41, 5.74) is 0. The minimum atomic E-state index is -1.38. The second-order valence-electron chi connectivity index (χ2n) is 2.01. The zero-order valence-corrected chi connectivity index (χ0v) is 4.91. The standard InChI is InChI=1S/C5H10FNO/c1-8-5(6)2-3-7-4-5/h7H,2-4H2,1H3. The molecule has 1 aliphatic rings. The molecule has 0 saturated carbocycles. The summed E-state index contributed by atoms with van der Waals surface area (Å²) < 4.78 is 17.3. The molecule has 0 radical (unpaired) electrons. The molecule has 2 nitrogen and oxygen atoms in total. The van der Waals surface area contributed by atoms with Crippen LogP contribution in [-0.4, -0.2) is 26.1 Å². The topological polar surface area (TPSA) is 21.3 Å². The second kappa shape index (κ2) is 1.99. The Labute approximate surface area is 48.0 Å². The molecule has 0 aromatic heterocycles. The maximum absolute atomic E-state index is 12.8. The molecule has 0 aliphatic carbocycles. The number of hydrogen-bond donors (Lipinski definition) is 1. The van der Waals surface area contributed by atoms with E-state index < -0.39 is 5.85 Å². The number of methoxy groups -OCH3 is 1. The van der Waals surface area contributed by atoms with Crippen molar-refractivity contribution in [1.29, 1.82) is 0 Å². The van der Waals surface area contributed by atoms with Crippen LogP contribution in [0.1, 0.15) is 6.42 Å². The maximum atomic E-state index is 12.8. The van der Waals surface area contributed by atoms with Crippen molar-refractivity contribution < 1.29 is 9.13 Å². The summed E-state index contributed by atoms with van der Waals surface area (Å²) >= 11 is 0. The van der Waals surface area contributed by atoms with Crippen molar-refractivity contribution in [3.05, 3.63) is 0 Å². The van der Waals surface area contributed by atoms with Gasteiger partial charge >= 0.3 is 0 Å². The van der Waals surface area contributed by atoms with Gasteiger partial charge in [0.05, 0.1) is 6.54 Å². The van der Waals surface area contributed by atoms with Gasteiger partial charge in [0.2, 0.25) is 5.85 Å². The van der Waals surface area contributed by atoms with Crippen LogP contribution in [0.25, 0.3) is 0 Å². The zero-order chi connectivity index (χ0) is 6.04. The summed E-state index contributed by atoms with van der Waals surface area (Å²) in [7, 11) is 1.40. The van der Waals surface area contributed by atoms with Crippen molar-refractivity contribution in [2.45, 2.75) is 12.3 Å². The lowest BCUT2D eigenvalue weighted by Crippen LogP contribution is -2.27. The second-order valence-corrected chi connectivity index (χ2v) is 2.01. The number of rotatable bonds is 1. The third-order valence-electron chi connectivity index (χ3n) is 1.43. The lowest BCUT2D eigenvalue weighted by atomic mass is 10.3. The number of nitrogens with one attached hydrogen (secondary N) is 1. The molecular weight excluding hydrogens is 109 g/mol. The lowest BCUT2D eigenvalue weighted by molar-refractivity contribution is -0.103. The van der Waals surface area contributed by atoms with Gasteiger partial charge in [-0.15, -0.1) is 0 Å². The molecule has 1 N–H and O–H groups in total. The summed E-state index contributed by atoms with van der Waals surface area (Å²) in [6, 6.07) is 0. The highest BCUT2D eigenvalue weighted by molar-refractivity contribution is 4.78. The Hall–Kier alpha value is -0.150. The minimum absolute atomic E-state index is 0.337. The number of alkyl halides is 1. The van der Waals surface area contributed by atoms with Crippen LogP contribution in [0.2, 0.25) is 0 Å². The molecule has 1 rings (SSSR count). The van der Waals surface area contributed by atoms with Gasteiger partial charge in [0.15, 0.2) is 0 Å². The van der Waals surface area contributed by atoms with E-state index in [-0.39, 0.29) is 0 Å². The van der Waals surface area contributed by atoms with Gasteiger partial charge in [-0.3, -0.25) is 0 Å². The smallest absolute Gasteiger partial charge is 0.222 e. The van der Waals surface area contributed by atoms with Gasteiger partial charge in [0, 0.05) is 20.1 Å². The van der Waals surface area contributed by atoms with Crippen LogP contribution >= 0.6 is 0 Å². The molecule has 48 valence electrons. The molecule has 0 aromatic rings. The summed E-state index contributed by atoms with van der Waals surface area (Å²) in [5, 5.41) is 2.86. The van der Waals surface area contributed by atoms with E-state index in [0.717, 1.165) is 6.54 Å². The predicted molar refractivity (Wildman–Crippen MR) is 28.3 cm³/mol. The Morgan fingerprint density at radius 2 is 2.50 bits per heavy atom. The molecule has 0 spiro atoms. The van der Waals surface area contributed by atoms with E-state index >= 15 is 0 Å². The van der Waals surface area contributed by atoms with Crippen LogP contribution in [0.5, 0.6) is 0 Å². The number of ether oxygens (including phenoxy) is 1. The molecule has 1 fully saturated rings. The van der Waals surface area contributed by atoms with Crippen LogP contribution in [0, 0.1) is 0 Å². The Balaban J connectivity index is 2.40. The van der Waals surface area contributed by atoms with Gasteiger partial charge < -0.3 is 10.1 Å². The van der Waals surface area contributed by atoms with E-state index in [0.29, 0.717) is 13.0 Å². The molecule has 0 aromatic carbocycles. The van der Waals surface area contributed by atoms with Gasteiger partial charge in [-0.05, 0) is 0 Å². The highest BCUT2D eigenvalue weighted by Crippen LogP contribution is 2.19. The van der Waals surface area contributed by atoms with Crippen LogP contribution < -0.4 is 5.32 Å². The van der Waals surface area contributed by atoms with E-state index in [4.69, 9.17) is 0 Å². The average molecular weight is 119 g/mol. The van der Waals surface area contributed by atoms with Crippen molar-refractivity contribution in [3.8, 4) is 0 Å². The molecular formula is C5H10FNO. The summed E-state index contributed by atoms with van der Waals surface area (Å²) in [6.07, 6.45) is 0.476. The van der Waals surface area contributed by atoms with Gasteiger partial charge in [0.1, 0.15) is 0 Å². The molecule has 1 unspecified atom stereocenters. The van der Waals surface area contributed by atoms with Crippen molar-refractivity contribution in [2.75, 3.05) is 20.2 Å². The van der Waals surface area contributed by atoms with E-state index in [2.05, 4.69) is 10.1 Å². The Morgan fingerprint density at radius 1 is 1.75 bits per heavy atom. The van der Waals surface area contributed by atoms with E-state index in [1.807, 2.05) is 0 Å². The Bertz CT molecular complexity index is 80.5. The first kappa shape index (κ1) is 5.98. The first-order valence-electron chi connectivity index (χ1n) is 2.72. The van der Waals surface area contributed by atoms with Crippen molar-refractivity contribution in [2.24, 2.45) is 0 Å². The fourth-order valence-electron chi connectivity index (χ4n) is 0.813. The minimum Gasteiger partial charge on any atom is -0.348 e.